The molecule has 1 saturated heterocycles. The highest BCUT2D eigenvalue weighted by atomic mass is 16.6. The summed E-state index contributed by atoms with van der Waals surface area (Å²) < 4.78 is 10.2. The quantitative estimate of drug-likeness (QED) is 0.633. The van der Waals surface area contributed by atoms with Crippen LogP contribution in [0.1, 0.15) is 19.3 Å². The lowest BCUT2D eigenvalue weighted by Crippen LogP contribution is -2.43. The Labute approximate surface area is 95.2 Å². The largest absolute Gasteiger partial charge is 0.598 e. The fourth-order valence-electron chi connectivity index (χ4n) is 1.99. The zero-order valence-corrected chi connectivity index (χ0v) is 9.48. The lowest BCUT2D eigenvalue weighted by molar-refractivity contribution is -0.145. The Bertz CT molecular complexity index is 273. The number of rotatable bonds is 2. The van der Waals surface area contributed by atoms with Crippen LogP contribution in [0.15, 0.2) is 0 Å². The van der Waals surface area contributed by atoms with Crippen molar-refractivity contribution in [1.29, 1.82) is 0 Å². The molecule has 0 unspecified atom stereocenters. The maximum absolute atomic E-state index is 11.4. The molecule has 1 aliphatic heterocycles. The van der Waals surface area contributed by atoms with Gasteiger partial charge in [-0.2, -0.15) is 0 Å². The lowest BCUT2D eigenvalue weighted by Gasteiger charge is -2.28. The number of likely N-dealkylation sites (N-methyl/N-ethyl adjacent to an activating group) is 1. The van der Waals surface area contributed by atoms with Gasteiger partial charge in [-0.3, -0.25) is 14.5 Å². The van der Waals surface area contributed by atoms with Gasteiger partial charge in [0.15, 0.2) is 0 Å². The molecule has 0 bridgehead atoms. The number of hydrogen-bond acceptors (Lipinski definition) is 5. The van der Waals surface area contributed by atoms with Gasteiger partial charge in [-0.1, -0.05) is 19.3 Å². The Kier molecular flexibility index (Phi) is 3.48. The summed E-state index contributed by atoms with van der Waals surface area (Å²) in [6.07, 6.45) is 4.17. The van der Waals surface area contributed by atoms with E-state index < -0.39 is 7.12 Å². The summed E-state index contributed by atoms with van der Waals surface area (Å²) in [5.41, 5.74) is 0. The Morgan fingerprint density at radius 2 is 1.81 bits per heavy atom. The van der Waals surface area contributed by atoms with Crippen LogP contribution >= 0.6 is 0 Å². The van der Waals surface area contributed by atoms with E-state index in [1.807, 2.05) is 0 Å². The second-order valence-electron chi connectivity index (χ2n) is 4.61. The fraction of sp³-hybridized carbons (Fsp3) is 0.800. The van der Waals surface area contributed by atoms with Gasteiger partial charge in [0.25, 0.3) is 0 Å². The van der Waals surface area contributed by atoms with Crippen LogP contribution in [0.5, 0.6) is 0 Å². The van der Waals surface area contributed by atoms with Crippen LogP contribution < -0.4 is 0 Å². The van der Waals surface area contributed by atoms with Gasteiger partial charge < -0.3 is 9.31 Å². The highest BCUT2D eigenvalue weighted by Crippen LogP contribution is 2.31. The highest BCUT2D eigenvalue weighted by Gasteiger charge is 2.35. The van der Waals surface area contributed by atoms with Crippen LogP contribution in [-0.4, -0.2) is 44.1 Å². The maximum Gasteiger partial charge on any atom is 0.598 e. The molecule has 2 fully saturated rings. The normalized spacial score (nSPS) is 24.2. The van der Waals surface area contributed by atoms with Gasteiger partial charge in [0.05, 0.1) is 13.1 Å². The minimum atomic E-state index is -0.668. The van der Waals surface area contributed by atoms with Crippen molar-refractivity contribution in [2.75, 3.05) is 20.1 Å². The minimum Gasteiger partial charge on any atom is -0.498 e. The molecular weight excluding hydrogens is 209 g/mol. The lowest BCUT2D eigenvalue weighted by atomic mass is 9.69. The molecule has 1 heterocycles. The van der Waals surface area contributed by atoms with E-state index in [0.29, 0.717) is 12.2 Å². The number of nitrogens with zero attached hydrogens (tertiary/aromatic N) is 1. The van der Waals surface area contributed by atoms with Crippen molar-refractivity contribution < 1.29 is 18.9 Å². The first-order chi connectivity index (χ1) is 7.63. The van der Waals surface area contributed by atoms with Crippen molar-refractivity contribution in [1.82, 2.24) is 4.90 Å². The van der Waals surface area contributed by atoms with E-state index in [9.17, 15) is 9.59 Å². The number of carbonyl (C=O) groups is 2. The number of hydrogen-bond donors (Lipinski definition) is 0. The first kappa shape index (κ1) is 11.5. The first-order valence-corrected chi connectivity index (χ1v) is 5.71. The average Bonchev–Trinajstić information content (AvgIpc) is 2.07. The van der Waals surface area contributed by atoms with E-state index in [1.54, 1.807) is 11.9 Å². The van der Waals surface area contributed by atoms with Gasteiger partial charge in [-0.25, -0.2) is 0 Å². The molecule has 0 radical (unpaired) electrons. The third-order valence-corrected chi connectivity index (χ3v) is 3.07. The molecule has 88 valence electrons. The predicted molar refractivity (Wildman–Crippen MR) is 57.6 cm³/mol. The SMILES string of the molecule is CN1CC(=O)OB(CC2CCC2)OC(=O)C1. The molecule has 1 saturated carbocycles. The van der Waals surface area contributed by atoms with Gasteiger partial charge in [-0.15, -0.1) is 0 Å². The molecule has 6 heteroatoms. The average molecular weight is 225 g/mol. The molecule has 16 heavy (non-hydrogen) atoms. The maximum atomic E-state index is 11.4. The van der Waals surface area contributed by atoms with Crippen LogP contribution in [0.25, 0.3) is 0 Å². The van der Waals surface area contributed by atoms with E-state index in [-0.39, 0.29) is 25.0 Å². The van der Waals surface area contributed by atoms with Gasteiger partial charge in [0.1, 0.15) is 0 Å². The van der Waals surface area contributed by atoms with E-state index in [1.165, 1.54) is 6.42 Å². The summed E-state index contributed by atoms with van der Waals surface area (Å²) in [5.74, 6) is -0.0959. The standard InChI is InChI=1S/C10H16BNO4/c1-12-6-9(13)15-11(16-10(14)7-12)5-8-3-2-4-8/h8H,2-7H2,1H3. The highest BCUT2D eigenvalue weighted by molar-refractivity contribution is 6.49. The smallest absolute Gasteiger partial charge is 0.498 e. The Balaban J connectivity index is 1.90. The summed E-state index contributed by atoms with van der Waals surface area (Å²) in [4.78, 5) is 24.4. The van der Waals surface area contributed by atoms with E-state index in [0.717, 1.165) is 12.8 Å². The van der Waals surface area contributed by atoms with Crippen molar-refractivity contribution >= 4 is 19.1 Å². The fourth-order valence-corrected chi connectivity index (χ4v) is 1.99. The first-order valence-electron chi connectivity index (χ1n) is 5.71. The summed E-state index contributed by atoms with van der Waals surface area (Å²) in [6.45, 7) is 0.298. The molecule has 0 N–H and O–H groups in total. The summed E-state index contributed by atoms with van der Waals surface area (Å²) >= 11 is 0. The van der Waals surface area contributed by atoms with Gasteiger partial charge in [-0.05, 0) is 13.0 Å². The molecule has 1 aliphatic carbocycles. The molecule has 0 aromatic rings. The molecule has 0 atom stereocenters. The van der Waals surface area contributed by atoms with Crippen LogP contribution in [0.2, 0.25) is 6.32 Å². The summed E-state index contributed by atoms with van der Waals surface area (Å²) in [5, 5.41) is 0. The van der Waals surface area contributed by atoms with Crippen LogP contribution in [0, 0.1) is 5.92 Å². The van der Waals surface area contributed by atoms with Crippen molar-refractivity contribution in [2.24, 2.45) is 5.92 Å². The van der Waals surface area contributed by atoms with Crippen LogP contribution in [0.3, 0.4) is 0 Å². The van der Waals surface area contributed by atoms with Crippen molar-refractivity contribution in [3.05, 3.63) is 0 Å². The van der Waals surface area contributed by atoms with Crippen molar-refractivity contribution in [3.8, 4) is 0 Å². The van der Waals surface area contributed by atoms with Crippen LogP contribution in [0.4, 0.5) is 0 Å². The molecule has 5 nitrogen and oxygen atoms in total. The van der Waals surface area contributed by atoms with E-state index in [4.69, 9.17) is 9.31 Å². The van der Waals surface area contributed by atoms with Crippen molar-refractivity contribution in [3.63, 3.8) is 0 Å². The second kappa shape index (κ2) is 4.87. The molecule has 0 spiro atoms. The van der Waals surface area contributed by atoms with Gasteiger partial charge >= 0.3 is 19.1 Å². The molecule has 0 amide bonds. The van der Waals surface area contributed by atoms with Gasteiger partial charge in [0, 0.05) is 6.32 Å². The van der Waals surface area contributed by atoms with Gasteiger partial charge in [0.2, 0.25) is 0 Å². The Morgan fingerprint density at radius 3 is 2.25 bits per heavy atom. The molecule has 2 aliphatic rings. The molecule has 2 rings (SSSR count). The predicted octanol–water partition coefficient (Wildman–Crippen LogP) is 0.306. The van der Waals surface area contributed by atoms with E-state index >= 15 is 0 Å². The zero-order chi connectivity index (χ0) is 11.5. The Morgan fingerprint density at radius 1 is 1.25 bits per heavy atom. The van der Waals surface area contributed by atoms with Crippen LogP contribution in [-0.2, 0) is 18.9 Å². The van der Waals surface area contributed by atoms with E-state index in [2.05, 4.69) is 0 Å². The Hall–Kier alpha value is -1.04. The zero-order valence-electron chi connectivity index (χ0n) is 9.48. The third-order valence-electron chi connectivity index (χ3n) is 3.07. The minimum absolute atomic E-state index is 0.149. The summed E-state index contributed by atoms with van der Waals surface area (Å²) in [6, 6.07) is 0. The monoisotopic (exact) mass is 225 g/mol. The van der Waals surface area contributed by atoms with Crippen molar-refractivity contribution in [2.45, 2.75) is 25.6 Å². The number of carbonyl (C=O) groups excluding carboxylic acids is 2. The second-order valence-corrected chi connectivity index (χ2v) is 4.61. The molecule has 0 aromatic heterocycles. The topological polar surface area (TPSA) is 55.8 Å². The third kappa shape index (κ3) is 2.98. The summed E-state index contributed by atoms with van der Waals surface area (Å²) in [7, 11) is 1.02. The molecule has 0 aromatic carbocycles. The molecular formula is C10H16BNO4.